The lowest BCUT2D eigenvalue weighted by molar-refractivity contribution is 0.112. The molecule has 1 aliphatic carbocycles. The van der Waals surface area contributed by atoms with Gasteiger partial charge in [-0.05, 0) is 25.2 Å². The molecule has 1 heterocycles. The average molecular weight is 296 g/mol. The van der Waals surface area contributed by atoms with Gasteiger partial charge in [0.1, 0.15) is 5.84 Å². The Morgan fingerprint density at radius 2 is 2.10 bits per heavy atom. The van der Waals surface area contributed by atoms with Crippen LogP contribution in [0, 0.1) is 11.3 Å². The molecule has 0 spiro atoms. The van der Waals surface area contributed by atoms with Gasteiger partial charge in [0, 0.05) is 12.0 Å². The molecule has 0 aromatic heterocycles. The topological polar surface area (TPSA) is 59.9 Å². The first-order chi connectivity index (χ1) is 10.1. The molecule has 1 amide bonds. The van der Waals surface area contributed by atoms with Gasteiger partial charge in [-0.2, -0.15) is 0 Å². The number of carbonyl (C=O) groups is 1. The summed E-state index contributed by atoms with van der Waals surface area (Å²) in [5.74, 6) is 1.25. The number of rotatable bonds is 2. The third kappa shape index (κ3) is 5.30. The molecule has 0 aromatic rings. The van der Waals surface area contributed by atoms with Crippen molar-refractivity contribution in [3.8, 4) is 0 Å². The highest BCUT2D eigenvalue weighted by Crippen LogP contribution is 2.24. The molecule has 1 aliphatic heterocycles. The van der Waals surface area contributed by atoms with Gasteiger partial charge in [0.05, 0.1) is 19.8 Å². The fourth-order valence-electron chi connectivity index (χ4n) is 2.87. The number of aliphatic imine (C=N–C) groups is 1. The van der Waals surface area contributed by atoms with Crippen molar-refractivity contribution in [1.29, 1.82) is 0 Å². The van der Waals surface area contributed by atoms with Gasteiger partial charge in [0.25, 0.3) is 0 Å². The van der Waals surface area contributed by atoms with E-state index in [1.807, 2.05) is 0 Å². The van der Waals surface area contributed by atoms with E-state index < -0.39 is 0 Å². The van der Waals surface area contributed by atoms with Gasteiger partial charge in [0.15, 0.2) is 0 Å². The van der Waals surface area contributed by atoms with E-state index in [9.17, 15) is 4.79 Å². The summed E-state index contributed by atoms with van der Waals surface area (Å²) in [6.07, 6.45) is 6.66. The van der Waals surface area contributed by atoms with Crippen LogP contribution in [0.25, 0.3) is 0 Å². The molecule has 0 unspecified atom stereocenters. The maximum absolute atomic E-state index is 12.0. The molecule has 1 saturated carbocycles. The van der Waals surface area contributed by atoms with E-state index in [0.29, 0.717) is 32.3 Å². The molecule has 0 saturated heterocycles. The molecule has 120 valence electrons. The van der Waals surface area contributed by atoms with E-state index in [1.165, 1.54) is 32.1 Å². The normalized spacial score (nSPS) is 23.6. The Balaban J connectivity index is 1.81. The quantitative estimate of drug-likeness (QED) is 0.851. The zero-order chi connectivity index (χ0) is 15.1. The van der Waals surface area contributed by atoms with Crippen molar-refractivity contribution < 1.29 is 14.3 Å². The summed E-state index contributed by atoms with van der Waals surface area (Å²) in [5, 5.41) is 2.85. The monoisotopic (exact) mass is 296 g/mol. The predicted molar refractivity (Wildman–Crippen MR) is 82.6 cm³/mol. The molecule has 2 rings (SSSR count). The zero-order valence-electron chi connectivity index (χ0n) is 13.3. The molecule has 1 fully saturated rings. The van der Waals surface area contributed by atoms with E-state index in [0.717, 1.165) is 12.3 Å². The highest BCUT2D eigenvalue weighted by atomic mass is 16.5. The average Bonchev–Trinajstić information content (AvgIpc) is 2.47. The molecule has 1 N–H and O–H groups in total. The number of amides is 1. The number of nitrogens with zero attached hydrogens (tertiary/aromatic N) is 1. The third-order valence-electron chi connectivity index (χ3n) is 4.41. The van der Waals surface area contributed by atoms with Crippen LogP contribution in [0.5, 0.6) is 0 Å². The van der Waals surface area contributed by atoms with Crippen LogP contribution in [0.1, 0.15) is 52.4 Å². The maximum Gasteiger partial charge on any atom is 0.412 e. The van der Waals surface area contributed by atoms with E-state index >= 15 is 0 Å². The lowest BCUT2D eigenvalue weighted by Crippen LogP contribution is -2.43. The molecule has 2 aliphatic rings. The Kier molecular flexibility index (Phi) is 6.03. The van der Waals surface area contributed by atoms with Crippen molar-refractivity contribution in [3.63, 3.8) is 0 Å². The molecular weight excluding hydrogens is 268 g/mol. The summed E-state index contributed by atoms with van der Waals surface area (Å²) >= 11 is 0. The van der Waals surface area contributed by atoms with Crippen LogP contribution in [-0.4, -0.2) is 38.3 Å². The summed E-state index contributed by atoms with van der Waals surface area (Å²) in [7, 11) is 0. The summed E-state index contributed by atoms with van der Waals surface area (Å²) in [6, 6.07) is 0. The molecule has 21 heavy (non-hydrogen) atoms. The summed E-state index contributed by atoms with van der Waals surface area (Å²) in [6.45, 7) is 6.57. The number of alkyl carbamates (subject to hydrolysis) is 1. The van der Waals surface area contributed by atoms with Crippen molar-refractivity contribution in [2.75, 3.05) is 26.4 Å². The van der Waals surface area contributed by atoms with Crippen molar-refractivity contribution in [2.45, 2.75) is 52.4 Å². The van der Waals surface area contributed by atoms with Crippen molar-refractivity contribution in [1.82, 2.24) is 5.32 Å². The number of carbonyl (C=O) groups excluding carboxylic acids is 1. The molecular formula is C16H28N2O3. The lowest BCUT2D eigenvalue weighted by Gasteiger charge is -2.29. The Morgan fingerprint density at radius 3 is 2.86 bits per heavy atom. The first kappa shape index (κ1) is 16.3. The van der Waals surface area contributed by atoms with Crippen LogP contribution < -0.4 is 5.32 Å². The predicted octanol–water partition coefficient (Wildman–Crippen LogP) is 3.14. The highest BCUT2D eigenvalue weighted by Gasteiger charge is 2.28. The maximum atomic E-state index is 12.0. The number of hydrogen-bond acceptors (Lipinski definition) is 4. The van der Waals surface area contributed by atoms with Crippen LogP contribution in [0.15, 0.2) is 4.99 Å². The third-order valence-corrected chi connectivity index (χ3v) is 4.41. The van der Waals surface area contributed by atoms with Crippen LogP contribution in [0.2, 0.25) is 0 Å². The van der Waals surface area contributed by atoms with E-state index in [4.69, 9.17) is 9.47 Å². The number of nitrogens with one attached hydrogen (secondary N) is 1. The largest absolute Gasteiger partial charge is 0.449 e. The number of amidine groups is 1. The molecule has 0 radical (unpaired) electrons. The Hall–Kier alpha value is -1.10. The molecule has 0 aromatic carbocycles. The fraction of sp³-hybridized carbons (Fsp3) is 0.875. The minimum absolute atomic E-state index is 0.190. The Bertz CT molecular complexity index is 374. The Labute approximate surface area is 127 Å². The zero-order valence-corrected chi connectivity index (χ0v) is 13.3. The second kappa shape index (κ2) is 7.78. The summed E-state index contributed by atoms with van der Waals surface area (Å²) < 4.78 is 10.8. The van der Waals surface area contributed by atoms with Crippen LogP contribution in [0.4, 0.5) is 4.79 Å². The van der Waals surface area contributed by atoms with Crippen LogP contribution in [0.3, 0.4) is 0 Å². The van der Waals surface area contributed by atoms with E-state index in [2.05, 4.69) is 24.2 Å². The number of ether oxygens (including phenoxy) is 2. The number of hydrogen-bond donors (Lipinski definition) is 1. The van der Waals surface area contributed by atoms with Gasteiger partial charge in [0.2, 0.25) is 0 Å². The minimum Gasteiger partial charge on any atom is -0.449 e. The van der Waals surface area contributed by atoms with Crippen molar-refractivity contribution in [2.24, 2.45) is 16.3 Å². The van der Waals surface area contributed by atoms with Crippen LogP contribution >= 0.6 is 0 Å². The second-order valence-corrected chi connectivity index (χ2v) is 6.70. The van der Waals surface area contributed by atoms with Crippen LogP contribution in [-0.2, 0) is 9.47 Å². The smallest absolute Gasteiger partial charge is 0.412 e. The second-order valence-electron chi connectivity index (χ2n) is 6.70. The highest BCUT2D eigenvalue weighted by molar-refractivity contribution is 5.98. The van der Waals surface area contributed by atoms with Gasteiger partial charge in [-0.1, -0.05) is 33.1 Å². The fourth-order valence-corrected chi connectivity index (χ4v) is 2.87. The Morgan fingerprint density at radius 1 is 1.33 bits per heavy atom. The van der Waals surface area contributed by atoms with Gasteiger partial charge < -0.3 is 9.47 Å². The van der Waals surface area contributed by atoms with E-state index in [-0.39, 0.29) is 11.5 Å². The molecule has 5 heteroatoms. The standard InChI is InChI=1S/C16H28N2O3/c1-16(2)8-10-20-11-9-17-14(16)18-15(19)21-12-13-6-4-3-5-7-13/h13H,3-12H2,1-2H3,(H,17,18,19). The molecule has 5 nitrogen and oxygen atoms in total. The van der Waals surface area contributed by atoms with Crippen molar-refractivity contribution in [3.05, 3.63) is 0 Å². The minimum atomic E-state index is -0.367. The summed E-state index contributed by atoms with van der Waals surface area (Å²) in [5.41, 5.74) is -0.190. The summed E-state index contributed by atoms with van der Waals surface area (Å²) in [4.78, 5) is 16.4. The van der Waals surface area contributed by atoms with Gasteiger partial charge in [-0.15, -0.1) is 0 Å². The first-order valence-corrected chi connectivity index (χ1v) is 8.14. The lowest BCUT2D eigenvalue weighted by atomic mass is 9.88. The van der Waals surface area contributed by atoms with E-state index in [1.54, 1.807) is 0 Å². The van der Waals surface area contributed by atoms with Gasteiger partial charge in [-0.3, -0.25) is 10.3 Å². The molecule has 0 atom stereocenters. The van der Waals surface area contributed by atoms with Gasteiger partial charge in [-0.25, -0.2) is 4.79 Å². The first-order valence-electron chi connectivity index (χ1n) is 8.14. The van der Waals surface area contributed by atoms with Gasteiger partial charge >= 0.3 is 6.09 Å². The SMILES string of the molecule is CC1(C)CCOCCN=C1NC(=O)OCC1CCCCC1. The van der Waals surface area contributed by atoms with Crippen molar-refractivity contribution >= 4 is 11.9 Å². The molecule has 0 bridgehead atoms.